The molecule has 1 aromatic heterocycles. The molecule has 8 heteroatoms. The number of carbonyl (C=O) groups excluding carboxylic acids is 2. The first kappa shape index (κ1) is 20.7. The summed E-state index contributed by atoms with van der Waals surface area (Å²) in [5, 5.41) is 3.86. The van der Waals surface area contributed by atoms with E-state index in [4.69, 9.17) is 5.73 Å². The van der Waals surface area contributed by atoms with Crippen LogP contribution in [-0.4, -0.2) is 58.2 Å². The molecule has 1 fully saturated rings. The van der Waals surface area contributed by atoms with Crippen LogP contribution in [-0.2, 0) is 16.1 Å². The number of rotatable bonds is 9. The molecule has 152 valence electrons. The quantitative estimate of drug-likeness (QED) is 0.492. The van der Waals surface area contributed by atoms with Crippen LogP contribution in [0.3, 0.4) is 0 Å². The fourth-order valence-electron chi connectivity index (χ4n) is 3.67. The number of nitrogens with zero attached hydrogens (tertiary/aromatic N) is 3. The van der Waals surface area contributed by atoms with Crippen molar-refractivity contribution in [2.24, 2.45) is 11.7 Å². The lowest BCUT2D eigenvalue weighted by Crippen LogP contribution is -2.42. The Balaban J connectivity index is 1.39. The monoisotopic (exact) mass is 403 g/mol. The number of fused-ring (bicyclic) bond motifs is 1. The number of likely N-dealkylation sites (tertiary alicyclic amines) is 1. The Bertz CT molecular complexity index is 822. The van der Waals surface area contributed by atoms with Crippen LogP contribution in [0.15, 0.2) is 29.4 Å². The standard InChI is InChI=1S/C20H29N5O2S/c1-2-25-17-9-4-3-8-16(17)23-20(25)28-14-18(26)22-10-6-12-24-11-5-7-15(13-24)19(21)27/h3-4,8-9,15H,2,5-7,10-14H2,1H3,(H2,21,27)(H,22,26). The normalized spacial score (nSPS) is 17.7. The lowest BCUT2D eigenvalue weighted by molar-refractivity contribution is -0.123. The predicted molar refractivity (Wildman–Crippen MR) is 112 cm³/mol. The lowest BCUT2D eigenvalue weighted by Gasteiger charge is -2.31. The molecule has 1 unspecified atom stereocenters. The van der Waals surface area contributed by atoms with Crippen LogP contribution in [0, 0.1) is 5.92 Å². The average Bonchev–Trinajstić information content (AvgIpc) is 3.07. The number of hydrogen-bond donors (Lipinski definition) is 2. The number of imidazole rings is 1. The van der Waals surface area contributed by atoms with Gasteiger partial charge in [-0.15, -0.1) is 0 Å². The number of benzene rings is 1. The second-order valence-corrected chi connectivity index (χ2v) is 8.10. The first-order chi connectivity index (χ1) is 13.6. The molecule has 1 atom stereocenters. The highest BCUT2D eigenvalue weighted by Gasteiger charge is 2.23. The molecule has 0 aliphatic carbocycles. The van der Waals surface area contributed by atoms with Crippen molar-refractivity contribution >= 4 is 34.6 Å². The molecule has 1 saturated heterocycles. The zero-order chi connectivity index (χ0) is 19.9. The third-order valence-electron chi connectivity index (χ3n) is 5.15. The van der Waals surface area contributed by atoms with Gasteiger partial charge >= 0.3 is 0 Å². The van der Waals surface area contributed by atoms with Gasteiger partial charge < -0.3 is 20.5 Å². The minimum atomic E-state index is -0.201. The van der Waals surface area contributed by atoms with E-state index >= 15 is 0 Å². The number of hydrogen-bond acceptors (Lipinski definition) is 5. The van der Waals surface area contributed by atoms with Gasteiger partial charge in [0.2, 0.25) is 11.8 Å². The zero-order valence-corrected chi connectivity index (χ0v) is 17.2. The maximum absolute atomic E-state index is 12.2. The van der Waals surface area contributed by atoms with Gasteiger partial charge in [0, 0.05) is 19.6 Å². The smallest absolute Gasteiger partial charge is 0.230 e. The van der Waals surface area contributed by atoms with Crippen molar-refractivity contribution in [2.75, 3.05) is 31.9 Å². The molecule has 7 nitrogen and oxygen atoms in total. The summed E-state index contributed by atoms with van der Waals surface area (Å²) in [5.74, 6) is 0.149. The van der Waals surface area contributed by atoms with Gasteiger partial charge in [0.05, 0.1) is 22.7 Å². The molecule has 0 saturated carbocycles. The van der Waals surface area contributed by atoms with Crippen LogP contribution in [0.2, 0.25) is 0 Å². The minimum Gasteiger partial charge on any atom is -0.369 e. The van der Waals surface area contributed by atoms with Gasteiger partial charge in [-0.1, -0.05) is 23.9 Å². The van der Waals surface area contributed by atoms with Gasteiger partial charge in [0.1, 0.15) is 0 Å². The van der Waals surface area contributed by atoms with Crippen molar-refractivity contribution in [3.8, 4) is 0 Å². The topological polar surface area (TPSA) is 93.3 Å². The third kappa shape index (κ3) is 5.26. The summed E-state index contributed by atoms with van der Waals surface area (Å²) in [7, 11) is 0. The Morgan fingerprint density at radius 1 is 1.36 bits per heavy atom. The van der Waals surface area contributed by atoms with E-state index < -0.39 is 0 Å². The largest absolute Gasteiger partial charge is 0.369 e. The molecule has 0 spiro atoms. The summed E-state index contributed by atoms with van der Waals surface area (Å²) >= 11 is 1.47. The van der Waals surface area contributed by atoms with E-state index in [1.54, 1.807) is 0 Å². The fraction of sp³-hybridized carbons (Fsp3) is 0.550. The van der Waals surface area contributed by atoms with E-state index in [-0.39, 0.29) is 17.7 Å². The number of aromatic nitrogens is 2. The molecule has 2 aromatic rings. The summed E-state index contributed by atoms with van der Waals surface area (Å²) in [6, 6.07) is 8.03. The van der Waals surface area contributed by atoms with Gasteiger partial charge in [0.25, 0.3) is 0 Å². The lowest BCUT2D eigenvalue weighted by atomic mass is 9.97. The van der Waals surface area contributed by atoms with Gasteiger partial charge in [-0.2, -0.15) is 0 Å². The van der Waals surface area contributed by atoms with Crippen molar-refractivity contribution in [2.45, 2.75) is 37.9 Å². The van der Waals surface area contributed by atoms with Crippen LogP contribution < -0.4 is 11.1 Å². The highest BCUT2D eigenvalue weighted by atomic mass is 32.2. The second-order valence-electron chi connectivity index (χ2n) is 7.16. The van der Waals surface area contributed by atoms with E-state index in [1.165, 1.54) is 11.8 Å². The number of piperidine rings is 1. The summed E-state index contributed by atoms with van der Waals surface area (Å²) in [5.41, 5.74) is 7.48. The number of aryl methyl sites for hydroxylation is 1. The molecule has 1 aliphatic rings. The first-order valence-corrected chi connectivity index (χ1v) is 10.9. The minimum absolute atomic E-state index is 0.0216. The Morgan fingerprint density at radius 3 is 2.96 bits per heavy atom. The third-order valence-corrected chi connectivity index (χ3v) is 6.13. The number of thioether (sulfide) groups is 1. The highest BCUT2D eigenvalue weighted by Crippen LogP contribution is 2.23. The molecule has 3 N–H and O–H groups in total. The van der Waals surface area contributed by atoms with Crippen molar-refractivity contribution < 1.29 is 9.59 Å². The Morgan fingerprint density at radius 2 is 2.18 bits per heavy atom. The molecule has 2 amide bonds. The molecular weight excluding hydrogens is 374 g/mol. The van der Waals surface area contributed by atoms with Crippen LogP contribution in [0.25, 0.3) is 11.0 Å². The van der Waals surface area contributed by atoms with Crippen LogP contribution >= 0.6 is 11.8 Å². The molecule has 1 aromatic carbocycles. The summed E-state index contributed by atoms with van der Waals surface area (Å²) in [6.45, 7) is 6.17. The molecule has 28 heavy (non-hydrogen) atoms. The van der Waals surface area contributed by atoms with Crippen molar-refractivity contribution in [3.63, 3.8) is 0 Å². The zero-order valence-electron chi connectivity index (χ0n) is 16.4. The number of carbonyl (C=O) groups is 2. The highest BCUT2D eigenvalue weighted by molar-refractivity contribution is 7.99. The second kappa shape index (κ2) is 9.93. The van der Waals surface area contributed by atoms with E-state index in [2.05, 4.69) is 32.8 Å². The van der Waals surface area contributed by atoms with Gasteiger partial charge in [-0.3, -0.25) is 9.59 Å². The Labute approximate surface area is 170 Å². The Hall–Kier alpha value is -2.06. The Kier molecular flexibility index (Phi) is 7.33. The fourth-order valence-corrected chi connectivity index (χ4v) is 4.58. The van der Waals surface area contributed by atoms with Crippen LogP contribution in [0.5, 0.6) is 0 Å². The summed E-state index contributed by atoms with van der Waals surface area (Å²) in [6.07, 6.45) is 2.77. The van der Waals surface area contributed by atoms with E-state index in [9.17, 15) is 9.59 Å². The molecule has 0 bridgehead atoms. The number of amides is 2. The predicted octanol–water partition coefficient (Wildman–Crippen LogP) is 1.85. The van der Waals surface area contributed by atoms with Crippen molar-refractivity contribution in [1.82, 2.24) is 19.8 Å². The molecular formula is C20H29N5O2S. The summed E-state index contributed by atoms with van der Waals surface area (Å²) in [4.78, 5) is 30.4. The van der Waals surface area contributed by atoms with Gasteiger partial charge in [-0.05, 0) is 51.4 Å². The first-order valence-electron chi connectivity index (χ1n) is 9.95. The van der Waals surface area contributed by atoms with E-state index in [0.717, 1.165) is 61.6 Å². The molecule has 2 heterocycles. The maximum atomic E-state index is 12.2. The summed E-state index contributed by atoms with van der Waals surface area (Å²) < 4.78 is 2.14. The van der Waals surface area contributed by atoms with Crippen molar-refractivity contribution in [1.29, 1.82) is 0 Å². The van der Waals surface area contributed by atoms with Gasteiger partial charge in [0.15, 0.2) is 5.16 Å². The number of primary amides is 1. The van der Waals surface area contributed by atoms with E-state index in [0.29, 0.717) is 12.3 Å². The van der Waals surface area contributed by atoms with E-state index in [1.807, 2.05) is 18.2 Å². The molecule has 3 rings (SSSR count). The maximum Gasteiger partial charge on any atom is 0.230 e. The van der Waals surface area contributed by atoms with Crippen molar-refractivity contribution in [3.05, 3.63) is 24.3 Å². The number of nitrogens with two attached hydrogens (primary N) is 1. The number of para-hydroxylation sites is 2. The average molecular weight is 404 g/mol. The van der Waals surface area contributed by atoms with Crippen LogP contribution in [0.4, 0.5) is 0 Å². The SMILES string of the molecule is CCn1c(SCC(=O)NCCCN2CCCC(C(N)=O)C2)nc2ccccc21. The van der Waals surface area contributed by atoms with Gasteiger partial charge in [-0.25, -0.2) is 4.98 Å². The molecule has 0 radical (unpaired) electrons. The van der Waals surface area contributed by atoms with Crippen LogP contribution in [0.1, 0.15) is 26.2 Å². The molecule has 1 aliphatic heterocycles. The number of nitrogens with one attached hydrogen (secondary N) is 1.